The highest BCUT2D eigenvalue weighted by molar-refractivity contribution is 9.10. The normalized spacial score (nSPS) is 15.5. The van der Waals surface area contributed by atoms with Gasteiger partial charge in [-0.15, -0.1) is 4.72 Å². The van der Waals surface area contributed by atoms with Gasteiger partial charge >= 0.3 is 0 Å². The van der Waals surface area contributed by atoms with Crippen LogP contribution in [-0.4, -0.2) is 23.3 Å². The average Bonchev–Trinajstić information content (AvgIpc) is 2.47. The van der Waals surface area contributed by atoms with Crippen LogP contribution >= 0.6 is 15.9 Å². The summed E-state index contributed by atoms with van der Waals surface area (Å²) < 4.78 is 42.8. The minimum absolute atomic E-state index is 0.00340. The molecule has 0 aromatic heterocycles. The third-order valence-electron chi connectivity index (χ3n) is 3.10. The van der Waals surface area contributed by atoms with Crippen molar-refractivity contribution in [3.8, 4) is 0 Å². The predicted molar refractivity (Wildman–Crippen MR) is 83.5 cm³/mol. The molecule has 0 unspecified atom stereocenters. The molecule has 1 rings (SSSR count). The molecule has 21 heavy (non-hydrogen) atoms. The molecule has 1 aromatic carbocycles. The van der Waals surface area contributed by atoms with Crippen LogP contribution in [0.1, 0.15) is 31.7 Å². The molecule has 0 radical (unpaired) electrons. The molecule has 0 aliphatic rings. The number of aldehydes is 1. The fourth-order valence-electron chi connectivity index (χ4n) is 1.91. The van der Waals surface area contributed by atoms with Gasteiger partial charge in [-0.1, -0.05) is 29.3 Å². The first kappa shape index (κ1) is 18.5. The lowest BCUT2D eigenvalue weighted by molar-refractivity contribution is -0.109. The molecular weight excluding hydrogens is 364 g/mol. The lowest BCUT2D eigenvalue weighted by atomic mass is 9.89. The van der Waals surface area contributed by atoms with Crippen LogP contribution in [0, 0.1) is 5.82 Å². The highest BCUT2D eigenvalue weighted by Gasteiger charge is 2.39. The summed E-state index contributed by atoms with van der Waals surface area (Å²) in [5, 5.41) is 0. The van der Waals surface area contributed by atoms with Crippen LogP contribution in [0.15, 0.2) is 22.7 Å². The fourth-order valence-corrected chi connectivity index (χ4v) is 3.61. The van der Waals surface area contributed by atoms with Crippen LogP contribution in [0.5, 0.6) is 0 Å². The van der Waals surface area contributed by atoms with E-state index in [0.29, 0.717) is 22.9 Å². The third kappa shape index (κ3) is 5.02. The van der Waals surface area contributed by atoms with E-state index >= 15 is 0 Å². The zero-order valence-electron chi connectivity index (χ0n) is 11.7. The number of carbonyl (C=O) groups is 1. The molecule has 0 fully saturated rings. The van der Waals surface area contributed by atoms with E-state index in [9.17, 15) is 18.1 Å². The molecule has 0 saturated carbocycles. The Labute approximate surface area is 134 Å². The number of carbonyl (C=O) groups excluding carboxylic acids is 1. The SMILES string of the molecule is CCCC[S@@+]([O-])N[C@@](CF)(CC=O)c1cc(Br)ccc1F. The monoisotopic (exact) mass is 381 g/mol. The van der Waals surface area contributed by atoms with Crippen molar-refractivity contribution in [3.05, 3.63) is 34.1 Å². The molecule has 2 atom stereocenters. The van der Waals surface area contributed by atoms with Gasteiger partial charge in [0.05, 0.1) is 0 Å². The molecule has 0 spiro atoms. The summed E-state index contributed by atoms with van der Waals surface area (Å²) in [6.45, 7) is 0.913. The van der Waals surface area contributed by atoms with E-state index in [1.54, 1.807) is 0 Å². The van der Waals surface area contributed by atoms with Crippen molar-refractivity contribution in [2.75, 3.05) is 12.4 Å². The molecule has 3 nitrogen and oxygen atoms in total. The summed E-state index contributed by atoms with van der Waals surface area (Å²) in [5.41, 5.74) is -1.61. The molecule has 1 N–H and O–H groups in total. The van der Waals surface area contributed by atoms with E-state index in [4.69, 9.17) is 0 Å². The van der Waals surface area contributed by atoms with Crippen LogP contribution < -0.4 is 4.72 Å². The summed E-state index contributed by atoms with van der Waals surface area (Å²) in [4.78, 5) is 10.9. The van der Waals surface area contributed by atoms with E-state index in [-0.39, 0.29) is 12.0 Å². The van der Waals surface area contributed by atoms with Gasteiger partial charge in [0.15, 0.2) is 0 Å². The largest absolute Gasteiger partial charge is 0.598 e. The molecule has 0 heterocycles. The summed E-state index contributed by atoms with van der Waals surface area (Å²) in [5.74, 6) is -0.315. The minimum Gasteiger partial charge on any atom is -0.598 e. The maximum atomic E-state index is 14.0. The van der Waals surface area contributed by atoms with Crippen LogP contribution in [0.25, 0.3) is 0 Å². The van der Waals surface area contributed by atoms with Crippen LogP contribution in [0.3, 0.4) is 0 Å². The quantitative estimate of drug-likeness (QED) is 0.526. The second-order valence-corrected chi connectivity index (χ2v) is 6.94. The van der Waals surface area contributed by atoms with Gasteiger partial charge in [0.1, 0.15) is 30.1 Å². The first-order valence-electron chi connectivity index (χ1n) is 6.60. The van der Waals surface area contributed by atoms with Crippen molar-refractivity contribution < 1.29 is 18.1 Å². The molecule has 0 bridgehead atoms. The summed E-state index contributed by atoms with van der Waals surface area (Å²) in [7, 11) is 0. The number of benzene rings is 1. The van der Waals surface area contributed by atoms with Crippen LogP contribution in [0.2, 0.25) is 0 Å². The molecule has 0 amide bonds. The fraction of sp³-hybridized carbons (Fsp3) is 0.500. The third-order valence-corrected chi connectivity index (χ3v) is 4.87. The molecule has 0 saturated heterocycles. The molecule has 118 valence electrons. The second kappa shape index (κ2) is 8.82. The number of rotatable bonds is 9. The van der Waals surface area contributed by atoms with Gasteiger partial charge in [0.25, 0.3) is 0 Å². The smallest absolute Gasteiger partial charge is 0.128 e. The van der Waals surface area contributed by atoms with E-state index < -0.39 is 29.4 Å². The van der Waals surface area contributed by atoms with Gasteiger partial charge in [0, 0.05) is 27.8 Å². The van der Waals surface area contributed by atoms with Gasteiger partial charge < -0.3 is 9.35 Å². The summed E-state index contributed by atoms with van der Waals surface area (Å²) >= 11 is 1.66. The average molecular weight is 382 g/mol. The first-order valence-corrected chi connectivity index (χ1v) is 8.71. The topological polar surface area (TPSA) is 52.2 Å². The minimum atomic E-state index is -1.60. The standard InChI is InChI=1S/C14H18BrF2NO2S/c1-2-3-8-21(20)18-14(10-16,6-7-19)12-9-11(15)4-5-13(12)17/h4-5,7,9,18H,2-3,6,8,10H2,1H3/t14-,21-/m1/s1. The Morgan fingerprint density at radius 2 is 2.24 bits per heavy atom. The van der Waals surface area contributed by atoms with E-state index in [1.165, 1.54) is 18.2 Å². The van der Waals surface area contributed by atoms with E-state index in [0.717, 1.165) is 6.42 Å². The number of hydrogen-bond donors (Lipinski definition) is 1. The molecule has 7 heteroatoms. The predicted octanol–water partition coefficient (Wildman–Crippen LogP) is 3.40. The molecular formula is C14H18BrF2NO2S. The lowest BCUT2D eigenvalue weighted by Gasteiger charge is -2.31. The first-order chi connectivity index (χ1) is 9.99. The molecule has 0 aliphatic carbocycles. The Hall–Kier alpha value is -0.500. The van der Waals surface area contributed by atoms with E-state index in [1.807, 2.05) is 6.92 Å². The Balaban J connectivity index is 3.12. The van der Waals surface area contributed by atoms with Crippen molar-refractivity contribution in [3.63, 3.8) is 0 Å². The summed E-state index contributed by atoms with van der Waals surface area (Å²) in [6.07, 6.45) is 1.75. The molecule has 0 aliphatic heterocycles. The zero-order chi connectivity index (χ0) is 15.9. The Morgan fingerprint density at radius 3 is 2.81 bits per heavy atom. The van der Waals surface area contributed by atoms with Crippen molar-refractivity contribution in [1.82, 2.24) is 4.72 Å². The zero-order valence-corrected chi connectivity index (χ0v) is 14.1. The van der Waals surface area contributed by atoms with Gasteiger partial charge in [0.2, 0.25) is 0 Å². The van der Waals surface area contributed by atoms with E-state index in [2.05, 4.69) is 20.7 Å². The van der Waals surface area contributed by atoms with Crippen molar-refractivity contribution in [2.45, 2.75) is 31.7 Å². The van der Waals surface area contributed by atoms with Gasteiger partial charge in [-0.3, -0.25) is 0 Å². The number of alkyl halides is 1. The summed E-state index contributed by atoms with van der Waals surface area (Å²) in [6, 6.07) is 4.07. The Kier molecular flexibility index (Phi) is 7.79. The van der Waals surface area contributed by atoms with Crippen molar-refractivity contribution >= 4 is 33.6 Å². The highest BCUT2D eigenvalue weighted by Crippen LogP contribution is 2.31. The second-order valence-electron chi connectivity index (χ2n) is 4.72. The Morgan fingerprint density at radius 1 is 1.52 bits per heavy atom. The number of unbranched alkanes of at least 4 members (excludes halogenated alkanes) is 1. The van der Waals surface area contributed by atoms with Crippen LogP contribution in [-0.2, 0) is 21.7 Å². The maximum Gasteiger partial charge on any atom is 0.128 e. The van der Waals surface area contributed by atoms with Gasteiger partial charge in [-0.05, 0) is 24.6 Å². The maximum absolute atomic E-state index is 14.0. The number of halogens is 3. The van der Waals surface area contributed by atoms with Gasteiger partial charge in [-0.2, -0.15) is 0 Å². The lowest BCUT2D eigenvalue weighted by Crippen LogP contribution is -2.49. The Bertz CT molecular complexity index is 478. The number of hydrogen-bond acceptors (Lipinski definition) is 3. The highest BCUT2D eigenvalue weighted by atomic mass is 79.9. The van der Waals surface area contributed by atoms with Crippen molar-refractivity contribution in [1.29, 1.82) is 0 Å². The van der Waals surface area contributed by atoms with Gasteiger partial charge in [-0.25, -0.2) is 8.78 Å². The number of nitrogens with one attached hydrogen (secondary N) is 1. The van der Waals surface area contributed by atoms with Crippen LogP contribution in [0.4, 0.5) is 8.78 Å². The molecule has 1 aromatic rings. The van der Waals surface area contributed by atoms with Crippen molar-refractivity contribution in [2.24, 2.45) is 0 Å².